The summed E-state index contributed by atoms with van der Waals surface area (Å²) < 4.78 is 4.80. The number of aromatic nitrogens is 2. The molecule has 0 radical (unpaired) electrons. The quantitative estimate of drug-likeness (QED) is 0.770. The number of methoxy groups -OCH3 is 1. The summed E-state index contributed by atoms with van der Waals surface area (Å²) in [5.41, 5.74) is 2.01. The number of aryl methyl sites for hydroxylation is 1. The first-order valence-electron chi connectivity index (χ1n) is 6.56. The molecular weight excluding hydrogens is 228 g/mol. The van der Waals surface area contributed by atoms with Gasteiger partial charge in [0, 0.05) is 0 Å². The maximum absolute atomic E-state index is 11.4. The van der Waals surface area contributed by atoms with Gasteiger partial charge in [-0.2, -0.15) is 10.2 Å². The molecule has 0 unspecified atom stereocenters. The van der Waals surface area contributed by atoms with E-state index in [0.717, 1.165) is 43.5 Å². The van der Waals surface area contributed by atoms with E-state index in [1.54, 1.807) is 0 Å². The number of rotatable bonds is 3. The van der Waals surface area contributed by atoms with E-state index in [2.05, 4.69) is 16.3 Å². The van der Waals surface area contributed by atoms with Gasteiger partial charge in [0.2, 0.25) is 0 Å². The number of hydrogen-bond donors (Lipinski definition) is 0. The fraction of sp³-hybridized carbons (Fsp3) is 0.643. The van der Waals surface area contributed by atoms with Crippen LogP contribution in [0.4, 0.5) is 0 Å². The molecule has 0 aliphatic heterocycles. The first kappa shape index (κ1) is 13.0. The average Bonchev–Trinajstić information content (AvgIpc) is 2.41. The van der Waals surface area contributed by atoms with Crippen LogP contribution in [0.25, 0.3) is 0 Å². The van der Waals surface area contributed by atoms with Crippen molar-refractivity contribution in [2.45, 2.75) is 39.0 Å². The van der Waals surface area contributed by atoms with Gasteiger partial charge in [-0.25, -0.2) is 0 Å². The zero-order valence-electron chi connectivity index (χ0n) is 11.1. The lowest BCUT2D eigenvalue weighted by molar-refractivity contribution is -0.146. The zero-order chi connectivity index (χ0) is 13.0. The highest BCUT2D eigenvalue weighted by atomic mass is 16.5. The van der Waals surface area contributed by atoms with Crippen molar-refractivity contribution in [2.75, 3.05) is 7.11 Å². The number of carbonyl (C=O) groups is 1. The van der Waals surface area contributed by atoms with E-state index in [1.165, 1.54) is 7.11 Å². The maximum Gasteiger partial charge on any atom is 0.308 e. The first-order valence-corrected chi connectivity index (χ1v) is 6.56. The van der Waals surface area contributed by atoms with Crippen LogP contribution in [0, 0.1) is 18.8 Å². The van der Waals surface area contributed by atoms with Gasteiger partial charge in [0.05, 0.1) is 24.4 Å². The van der Waals surface area contributed by atoms with Crippen LogP contribution < -0.4 is 0 Å². The van der Waals surface area contributed by atoms with Crippen LogP contribution in [0.15, 0.2) is 12.1 Å². The van der Waals surface area contributed by atoms with E-state index >= 15 is 0 Å². The van der Waals surface area contributed by atoms with Crippen molar-refractivity contribution in [3.63, 3.8) is 0 Å². The molecule has 0 bridgehead atoms. The summed E-state index contributed by atoms with van der Waals surface area (Å²) in [6.07, 6.45) is 5.01. The number of ether oxygens (including phenoxy) is 1. The van der Waals surface area contributed by atoms with Crippen molar-refractivity contribution in [3.05, 3.63) is 23.5 Å². The molecule has 1 aromatic rings. The molecule has 4 nitrogen and oxygen atoms in total. The molecule has 1 fully saturated rings. The van der Waals surface area contributed by atoms with E-state index in [1.807, 2.05) is 13.0 Å². The Hall–Kier alpha value is -1.45. The molecule has 1 aliphatic carbocycles. The predicted octanol–water partition coefficient (Wildman–Crippen LogP) is 2.31. The normalized spacial score (nSPS) is 23.7. The summed E-state index contributed by atoms with van der Waals surface area (Å²) in [5, 5.41) is 8.28. The third-order valence-corrected chi connectivity index (χ3v) is 3.73. The fourth-order valence-electron chi connectivity index (χ4n) is 2.60. The van der Waals surface area contributed by atoms with Crippen LogP contribution in [-0.4, -0.2) is 23.3 Å². The SMILES string of the molecule is COC(=O)C1CCC(Cc2ccc(C)nn2)CC1. The Labute approximate surface area is 108 Å². The molecule has 0 aromatic carbocycles. The molecule has 98 valence electrons. The second-order valence-corrected chi connectivity index (χ2v) is 5.11. The average molecular weight is 248 g/mol. The van der Waals surface area contributed by atoms with Crippen molar-refractivity contribution in [3.8, 4) is 0 Å². The van der Waals surface area contributed by atoms with Crippen LogP contribution in [0.1, 0.15) is 37.1 Å². The Morgan fingerprint density at radius 1 is 1.28 bits per heavy atom. The molecule has 1 aromatic heterocycles. The number of esters is 1. The third kappa shape index (κ3) is 3.28. The standard InChI is InChI=1S/C14H20N2O2/c1-10-3-8-13(16-15-10)9-11-4-6-12(7-5-11)14(17)18-2/h3,8,11-12H,4-7,9H2,1-2H3. The van der Waals surface area contributed by atoms with Crippen LogP contribution in [-0.2, 0) is 16.0 Å². The summed E-state index contributed by atoms with van der Waals surface area (Å²) in [7, 11) is 1.47. The zero-order valence-corrected chi connectivity index (χ0v) is 11.1. The summed E-state index contributed by atoms with van der Waals surface area (Å²) in [6.45, 7) is 1.94. The van der Waals surface area contributed by atoms with E-state index in [4.69, 9.17) is 4.74 Å². The van der Waals surface area contributed by atoms with Crippen LogP contribution in [0.5, 0.6) is 0 Å². The Morgan fingerprint density at radius 2 is 2.00 bits per heavy atom. The molecule has 1 heterocycles. The summed E-state index contributed by atoms with van der Waals surface area (Å²) in [6, 6.07) is 4.05. The van der Waals surface area contributed by atoms with E-state index in [0.29, 0.717) is 5.92 Å². The van der Waals surface area contributed by atoms with Crippen molar-refractivity contribution < 1.29 is 9.53 Å². The number of nitrogens with zero attached hydrogens (tertiary/aromatic N) is 2. The Kier molecular flexibility index (Phi) is 4.28. The summed E-state index contributed by atoms with van der Waals surface area (Å²) in [4.78, 5) is 11.4. The smallest absolute Gasteiger partial charge is 0.308 e. The number of carbonyl (C=O) groups excluding carboxylic acids is 1. The summed E-state index contributed by atoms with van der Waals surface area (Å²) in [5.74, 6) is 0.682. The molecule has 2 rings (SSSR count). The molecule has 0 saturated heterocycles. The van der Waals surface area contributed by atoms with Crippen molar-refractivity contribution in [2.24, 2.45) is 11.8 Å². The van der Waals surface area contributed by atoms with Gasteiger partial charge < -0.3 is 4.74 Å². The topological polar surface area (TPSA) is 52.1 Å². The molecule has 0 spiro atoms. The van der Waals surface area contributed by atoms with Crippen LogP contribution >= 0.6 is 0 Å². The van der Waals surface area contributed by atoms with E-state index < -0.39 is 0 Å². The fourth-order valence-corrected chi connectivity index (χ4v) is 2.60. The van der Waals surface area contributed by atoms with Gasteiger partial charge >= 0.3 is 5.97 Å². The molecule has 1 saturated carbocycles. The maximum atomic E-state index is 11.4. The van der Waals surface area contributed by atoms with Crippen molar-refractivity contribution in [1.82, 2.24) is 10.2 Å². The molecule has 18 heavy (non-hydrogen) atoms. The lowest BCUT2D eigenvalue weighted by Crippen LogP contribution is -2.23. The van der Waals surface area contributed by atoms with Gasteiger partial charge in [-0.15, -0.1) is 0 Å². The Balaban J connectivity index is 1.83. The lowest BCUT2D eigenvalue weighted by Gasteiger charge is -2.26. The van der Waals surface area contributed by atoms with Crippen LogP contribution in [0.2, 0.25) is 0 Å². The molecule has 4 heteroatoms. The minimum absolute atomic E-state index is 0.0522. The van der Waals surface area contributed by atoms with Gasteiger partial charge in [0.25, 0.3) is 0 Å². The molecule has 0 amide bonds. The van der Waals surface area contributed by atoms with E-state index in [9.17, 15) is 4.79 Å². The third-order valence-electron chi connectivity index (χ3n) is 3.73. The predicted molar refractivity (Wildman–Crippen MR) is 67.9 cm³/mol. The van der Waals surface area contributed by atoms with Gasteiger partial charge in [0.15, 0.2) is 0 Å². The molecule has 0 N–H and O–H groups in total. The highest BCUT2D eigenvalue weighted by Gasteiger charge is 2.27. The largest absolute Gasteiger partial charge is 0.469 e. The second kappa shape index (κ2) is 5.94. The van der Waals surface area contributed by atoms with Gasteiger partial charge in [-0.1, -0.05) is 0 Å². The highest BCUT2D eigenvalue weighted by Crippen LogP contribution is 2.31. The van der Waals surface area contributed by atoms with Gasteiger partial charge in [-0.3, -0.25) is 4.79 Å². The molecular formula is C14H20N2O2. The van der Waals surface area contributed by atoms with E-state index in [-0.39, 0.29) is 11.9 Å². The van der Waals surface area contributed by atoms with Crippen molar-refractivity contribution >= 4 is 5.97 Å². The number of hydrogen-bond acceptors (Lipinski definition) is 4. The van der Waals surface area contributed by atoms with Crippen molar-refractivity contribution in [1.29, 1.82) is 0 Å². The lowest BCUT2D eigenvalue weighted by atomic mass is 9.80. The molecule has 1 aliphatic rings. The highest BCUT2D eigenvalue weighted by molar-refractivity contribution is 5.72. The second-order valence-electron chi connectivity index (χ2n) is 5.11. The van der Waals surface area contributed by atoms with Gasteiger partial charge in [0.1, 0.15) is 0 Å². The summed E-state index contributed by atoms with van der Waals surface area (Å²) >= 11 is 0. The van der Waals surface area contributed by atoms with Crippen LogP contribution in [0.3, 0.4) is 0 Å². The minimum Gasteiger partial charge on any atom is -0.469 e. The monoisotopic (exact) mass is 248 g/mol. The Bertz CT molecular complexity index is 395. The molecule has 0 atom stereocenters. The van der Waals surface area contributed by atoms with Gasteiger partial charge in [-0.05, 0) is 57.1 Å². The first-order chi connectivity index (χ1) is 8.69. The Morgan fingerprint density at radius 3 is 2.56 bits per heavy atom. The minimum atomic E-state index is -0.0522.